The van der Waals surface area contributed by atoms with Crippen molar-refractivity contribution in [2.24, 2.45) is 0 Å². The maximum Gasteiger partial charge on any atom is 0.328 e. The Bertz CT molecular complexity index is 884. The number of aromatic amines is 1. The predicted molar refractivity (Wildman–Crippen MR) is 94.2 cm³/mol. The number of benzene rings is 1. The highest BCUT2D eigenvalue weighted by molar-refractivity contribution is 5.76. The zero-order valence-electron chi connectivity index (χ0n) is 14.4. The second kappa shape index (κ2) is 8.09. The van der Waals surface area contributed by atoms with Gasteiger partial charge in [-0.1, -0.05) is 12.1 Å². The monoisotopic (exact) mass is 360 g/mol. The number of nitrogens with one attached hydrogen (secondary N) is 1. The van der Waals surface area contributed by atoms with Gasteiger partial charge in [-0.2, -0.15) is 0 Å². The van der Waals surface area contributed by atoms with E-state index in [4.69, 9.17) is 0 Å². The normalized spacial score (nSPS) is 15.2. The average molecular weight is 360 g/mol. The molecule has 1 aromatic carbocycles. The summed E-state index contributed by atoms with van der Waals surface area (Å²) in [7, 11) is 0. The summed E-state index contributed by atoms with van der Waals surface area (Å²) in [5.74, 6) is -0.262. The molecule has 2 heterocycles. The van der Waals surface area contributed by atoms with Crippen molar-refractivity contribution >= 4 is 5.91 Å². The lowest BCUT2D eigenvalue weighted by Crippen LogP contribution is -2.48. The van der Waals surface area contributed by atoms with E-state index in [9.17, 15) is 18.8 Å². The lowest BCUT2D eigenvalue weighted by molar-refractivity contribution is -0.133. The number of piperazine rings is 1. The molecule has 0 bridgehead atoms. The summed E-state index contributed by atoms with van der Waals surface area (Å²) < 4.78 is 14.6. The smallest absolute Gasteiger partial charge is 0.328 e. The number of amides is 1. The Hall–Kier alpha value is -2.74. The zero-order chi connectivity index (χ0) is 18.5. The van der Waals surface area contributed by atoms with Crippen molar-refractivity contribution in [1.82, 2.24) is 19.4 Å². The van der Waals surface area contributed by atoms with Crippen LogP contribution in [0.15, 0.2) is 46.1 Å². The van der Waals surface area contributed by atoms with Crippen molar-refractivity contribution in [3.63, 3.8) is 0 Å². The van der Waals surface area contributed by atoms with Gasteiger partial charge in [0, 0.05) is 58.0 Å². The molecule has 8 heteroatoms. The van der Waals surface area contributed by atoms with Gasteiger partial charge in [-0.3, -0.25) is 19.5 Å². The average Bonchev–Trinajstić information content (AvgIpc) is 2.61. The fraction of sp³-hybridized carbons (Fsp3) is 0.389. The molecule has 0 aliphatic carbocycles. The first-order chi connectivity index (χ1) is 12.5. The van der Waals surface area contributed by atoms with E-state index in [1.54, 1.807) is 11.0 Å². The standard InChI is InChI=1S/C18H21FN4O3/c19-15-3-1-2-14(12-15)13-21-8-10-22(11-9-21)17(25)5-7-23-6-4-16(24)20-18(23)26/h1-4,6,12H,5,7-11,13H2,(H,20,24,26). The Morgan fingerprint density at radius 1 is 1.12 bits per heavy atom. The Morgan fingerprint density at radius 3 is 2.58 bits per heavy atom. The molecule has 138 valence electrons. The molecule has 1 N–H and O–H groups in total. The molecular weight excluding hydrogens is 339 g/mol. The Labute approximate surface area is 149 Å². The molecule has 2 aromatic rings. The predicted octanol–water partition coefficient (Wildman–Crippen LogP) is 0.410. The number of aryl methyl sites for hydroxylation is 1. The fourth-order valence-corrected chi connectivity index (χ4v) is 3.04. The van der Waals surface area contributed by atoms with Gasteiger partial charge in [0.05, 0.1) is 0 Å². The molecule has 7 nitrogen and oxygen atoms in total. The quantitative estimate of drug-likeness (QED) is 0.838. The van der Waals surface area contributed by atoms with Crippen molar-refractivity contribution in [2.45, 2.75) is 19.5 Å². The summed E-state index contributed by atoms with van der Waals surface area (Å²) in [4.78, 5) is 41.1. The number of rotatable bonds is 5. The van der Waals surface area contributed by atoms with Gasteiger partial charge < -0.3 is 9.47 Å². The molecule has 3 rings (SSSR count). The molecule has 0 spiro atoms. The van der Waals surface area contributed by atoms with Crippen LogP contribution in [0.5, 0.6) is 0 Å². The molecule has 0 atom stereocenters. The topological polar surface area (TPSA) is 78.4 Å². The first-order valence-corrected chi connectivity index (χ1v) is 8.55. The van der Waals surface area contributed by atoms with Crippen LogP contribution in [0, 0.1) is 5.82 Å². The molecule has 1 aromatic heterocycles. The molecular formula is C18H21FN4O3. The van der Waals surface area contributed by atoms with Gasteiger partial charge >= 0.3 is 5.69 Å². The van der Waals surface area contributed by atoms with Crippen LogP contribution in [-0.4, -0.2) is 51.4 Å². The van der Waals surface area contributed by atoms with E-state index in [1.807, 2.05) is 6.07 Å². The van der Waals surface area contributed by atoms with Gasteiger partial charge in [0.15, 0.2) is 0 Å². The van der Waals surface area contributed by atoms with Crippen LogP contribution in [-0.2, 0) is 17.9 Å². The highest BCUT2D eigenvalue weighted by atomic mass is 19.1. The Morgan fingerprint density at radius 2 is 1.88 bits per heavy atom. The van der Waals surface area contributed by atoms with E-state index < -0.39 is 11.2 Å². The fourth-order valence-electron chi connectivity index (χ4n) is 3.04. The molecule has 0 saturated carbocycles. The molecule has 1 aliphatic rings. The summed E-state index contributed by atoms with van der Waals surface area (Å²) in [6.45, 7) is 3.55. The van der Waals surface area contributed by atoms with Crippen LogP contribution in [0.4, 0.5) is 4.39 Å². The molecule has 1 fully saturated rings. The van der Waals surface area contributed by atoms with Gasteiger partial charge in [-0.25, -0.2) is 9.18 Å². The van der Waals surface area contributed by atoms with Crippen LogP contribution in [0.1, 0.15) is 12.0 Å². The molecule has 26 heavy (non-hydrogen) atoms. The number of carbonyl (C=O) groups is 1. The summed E-state index contributed by atoms with van der Waals surface area (Å²) in [5.41, 5.74) is -0.0422. The number of aromatic nitrogens is 2. The molecule has 0 unspecified atom stereocenters. The van der Waals surface area contributed by atoms with E-state index in [2.05, 4.69) is 9.88 Å². The van der Waals surface area contributed by atoms with Gasteiger partial charge in [0.25, 0.3) is 5.56 Å². The maximum atomic E-state index is 13.2. The second-order valence-corrected chi connectivity index (χ2v) is 6.34. The van der Waals surface area contributed by atoms with Crippen molar-refractivity contribution in [1.29, 1.82) is 0 Å². The lowest BCUT2D eigenvalue weighted by Gasteiger charge is -2.34. The van der Waals surface area contributed by atoms with E-state index in [1.165, 1.54) is 29.0 Å². The Kier molecular flexibility index (Phi) is 5.62. The zero-order valence-corrected chi connectivity index (χ0v) is 14.4. The third-order valence-electron chi connectivity index (χ3n) is 4.48. The van der Waals surface area contributed by atoms with Crippen molar-refractivity contribution in [2.75, 3.05) is 26.2 Å². The molecule has 1 saturated heterocycles. The second-order valence-electron chi connectivity index (χ2n) is 6.34. The number of H-pyrrole nitrogens is 1. The Balaban J connectivity index is 1.47. The summed E-state index contributed by atoms with van der Waals surface area (Å²) >= 11 is 0. The van der Waals surface area contributed by atoms with Gasteiger partial charge in [0.1, 0.15) is 5.82 Å². The van der Waals surface area contributed by atoms with Crippen LogP contribution in [0.3, 0.4) is 0 Å². The maximum absolute atomic E-state index is 13.2. The first-order valence-electron chi connectivity index (χ1n) is 8.55. The third-order valence-corrected chi connectivity index (χ3v) is 4.48. The highest BCUT2D eigenvalue weighted by Gasteiger charge is 2.21. The summed E-state index contributed by atoms with van der Waals surface area (Å²) in [6.07, 6.45) is 1.60. The van der Waals surface area contributed by atoms with E-state index in [0.717, 1.165) is 18.7 Å². The van der Waals surface area contributed by atoms with Gasteiger partial charge in [-0.05, 0) is 17.7 Å². The van der Waals surface area contributed by atoms with Crippen molar-refractivity contribution < 1.29 is 9.18 Å². The molecule has 1 amide bonds. The molecule has 0 radical (unpaired) electrons. The van der Waals surface area contributed by atoms with Crippen molar-refractivity contribution in [3.8, 4) is 0 Å². The SMILES string of the molecule is O=C(CCn1ccc(=O)[nH]c1=O)N1CCN(Cc2cccc(F)c2)CC1. The minimum atomic E-state index is -0.509. The largest absolute Gasteiger partial charge is 0.340 e. The first kappa shape index (κ1) is 18.1. The van der Waals surface area contributed by atoms with Gasteiger partial charge in [0.2, 0.25) is 5.91 Å². The minimum Gasteiger partial charge on any atom is -0.340 e. The van der Waals surface area contributed by atoms with E-state index in [0.29, 0.717) is 19.6 Å². The highest BCUT2D eigenvalue weighted by Crippen LogP contribution is 2.11. The van der Waals surface area contributed by atoms with Crippen molar-refractivity contribution in [3.05, 3.63) is 68.7 Å². The van der Waals surface area contributed by atoms with Gasteiger partial charge in [-0.15, -0.1) is 0 Å². The van der Waals surface area contributed by atoms with Crippen LogP contribution < -0.4 is 11.2 Å². The van der Waals surface area contributed by atoms with Crippen LogP contribution >= 0.6 is 0 Å². The lowest BCUT2D eigenvalue weighted by atomic mass is 10.2. The minimum absolute atomic E-state index is 0.0199. The van der Waals surface area contributed by atoms with Crippen LogP contribution in [0.25, 0.3) is 0 Å². The number of halogens is 1. The summed E-state index contributed by atoms with van der Waals surface area (Å²) in [5, 5.41) is 0. The third kappa shape index (κ3) is 4.66. The molecule has 1 aliphatic heterocycles. The summed E-state index contributed by atoms with van der Waals surface area (Å²) in [6, 6.07) is 7.80. The number of hydrogen-bond acceptors (Lipinski definition) is 4. The number of carbonyl (C=O) groups excluding carboxylic acids is 1. The van der Waals surface area contributed by atoms with Crippen LogP contribution in [0.2, 0.25) is 0 Å². The number of hydrogen-bond donors (Lipinski definition) is 1. The number of nitrogens with zero attached hydrogens (tertiary/aromatic N) is 3. The van der Waals surface area contributed by atoms with E-state index >= 15 is 0 Å². The van der Waals surface area contributed by atoms with E-state index in [-0.39, 0.29) is 24.7 Å².